The lowest BCUT2D eigenvalue weighted by atomic mass is 10.2. The maximum absolute atomic E-state index is 13.3. The molecule has 9 heteroatoms. The van der Waals surface area contributed by atoms with E-state index in [1.165, 1.54) is 36.7 Å². The minimum Gasteiger partial charge on any atom is -0.493 e. The van der Waals surface area contributed by atoms with Gasteiger partial charge in [-0.2, -0.15) is 4.31 Å². The van der Waals surface area contributed by atoms with E-state index in [-0.39, 0.29) is 9.92 Å². The molecule has 1 fully saturated rings. The Morgan fingerprint density at radius 3 is 2.29 bits per heavy atom. The maximum Gasteiger partial charge on any atom is 0.243 e. The first-order valence-electron chi connectivity index (χ1n) is 8.73. The van der Waals surface area contributed by atoms with E-state index in [4.69, 9.17) is 21.1 Å². The number of piperazine rings is 1. The topological polar surface area (TPSA) is 59.1 Å². The van der Waals surface area contributed by atoms with Crippen molar-refractivity contribution in [3.05, 3.63) is 52.8 Å². The second-order valence-electron chi connectivity index (χ2n) is 6.45. The Kier molecular flexibility index (Phi) is 6.44. The molecule has 28 heavy (non-hydrogen) atoms. The van der Waals surface area contributed by atoms with Crippen molar-refractivity contribution in [1.82, 2.24) is 9.21 Å². The quantitative estimate of drug-likeness (QED) is 0.707. The Hall–Kier alpha value is -1.87. The van der Waals surface area contributed by atoms with Crippen LogP contribution in [0, 0.1) is 5.82 Å². The molecule has 1 aliphatic rings. The van der Waals surface area contributed by atoms with Crippen LogP contribution in [0.5, 0.6) is 11.5 Å². The lowest BCUT2D eigenvalue weighted by Gasteiger charge is -2.34. The Bertz CT molecular complexity index is 947. The highest BCUT2D eigenvalue weighted by atomic mass is 35.5. The zero-order valence-corrected chi connectivity index (χ0v) is 17.3. The molecule has 152 valence electrons. The van der Waals surface area contributed by atoms with Gasteiger partial charge in [0.2, 0.25) is 10.0 Å². The molecule has 0 unspecified atom stereocenters. The van der Waals surface area contributed by atoms with Crippen molar-refractivity contribution in [2.45, 2.75) is 11.4 Å². The fraction of sp³-hybridized carbons (Fsp3) is 0.368. The Balaban J connectivity index is 1.67. The van der Waals surface area contributed by atoms with Crippen molar-refractivity contribution in [3.8, 4) is 11.5 Å². The van der Waals surface area contributed by atoms with Crippen molar-refractivity contribution < 1.29 is 22.3 Å². The van der Waals surface area contributed by atoms with E-state index < -0.39 is 15.8 Å². The van der Waals surface area contributed by atoms with E-state index in [1.54, 1.807) is 18.2 Å². The highest BCUT2D eigenvalue weighted by Gasteiger charge is 2.29. The second kappa shape index (κ2) is 8.65. The standard InChI is InChI=1S/C19H22ClFN2O4S/c1-26-18-6-4-15(12-19(18)27-2)28(24,25)23-9-7-22(8-10-23)13-14-3-5-17(21)16(20)11-14/h3-6,11-12H,7-10,13H2,1-2H3. The summed E-state index contributed by atoms with van der Waals surface area (Å²) in [5.41, 5.74) is 0.891. The molecule has 0 aromatic heterocycles. The monoisotopic (exact) mass is 428 g/mol. The van der Waals surface area contributed by atoms with Crippen molar-refractivity contribution >= 4 is 21.6 Å². The van der Waals surface area contributed by atoms with Crippen LogP contribution >= 0.6 is 11.6 Å². The van der Waals surface area contributed by atoms with Crippen LogP contribution in [-0.2, 0) is 16.6 Å². The highest BCUT2D eigenvalue weighted by molar-refractivity contribution is 7.89. The predicted octanol–water partition coefficient (Wildman–Crippen LogP) is 3.00. The van der Waals surface area contributed by atoms with Gasteiger partial charge in [0.05, 0.1) is 24.1 Å². The number of rotatable bonds is 6. The molecule has 3 rings (SSSR count). The minimum absolute atomic E-state index is 0.0900. The summed E-state index contributed by atoms with van der Waals surface area (Å²) in [4.78, 5) is 2.29. The van der Waals surface area contributed by atoms with Crippen LogP contribution in [0.3, 0.4) is 0 Å². The molecule has 1 heterocycles. The number of hydrogen-bond donors (Lipinski definition) is 0. The van der Waals surface area contributed by atoms with Gasteiger partial charge >= 0.3 is 0 Å². The number of benzene rings is 2. The van der Waals surface area contributed by atoms with Gasteiger partial charge in [-0.1, -0.05) is 17.7 Å². The first-order chi connectivity index (χ1) is 13.3. The lowest BCUT2D eigenvalue weighted by Crippen LogP contribution is -2.48. The van der Waals surface area contributed by atoms with Crippen LogP contribution in [0.25, 0.3) is 0 Å². The largest absolute Gasteiger partial charge is 0.493 e. The summed E-state index contributed by atoms with van der Waals surface area (Å²) in [6.45, 7) is 2.46. The molecule has 6 nitrogen and oxygen atoms in total. The van der Waals surface area contributed by atoms with E-state index in [0.717, 1.165) is 5.56 Å². The van der Waals surface area contributed by atoms with Gasteiger partial charge in [0.1, 0.15) is 5.82 Å². The zero-order chi connectivity index (χ0) is 20.3. The van der Waals surface area contributed by atoms with Crippen LogP contribution < -0.4 is 9.47 Å². The van der Waals surface area contributed by atoms with E-state index in [1.807, 2.05) is 0 Å². The SMILES string of the molecule is COc1ccc(S(=O)(=O)N2CCN(Cc3ccc(F)c(Cl)c3)CC2)cc1OC. The molecular weight excluding hydrogens is 407 g/mol. The number of sulfonamides is 1. The molecule has 1 aliphatic heterocycles. The smallest absolute Gasteiger partial charge is 0.243 e. The zero-order valence-electron chi connectivity index (χ0n) is 15.7. The predicted molar refractivity (Wildman–Crippen MR) is 105 cm³/mol. The normalized spacial score (nSPS) is 16.1. The maximum atomic E-state index is 13.3. The summed E-state index contributed by atoms with van der Waals surface area (Å²) in [5, 5.41) is 0.0900. The first-order valence-corrected chi connectivity index (χ1v) is 10.6. The average molecular weight is 429 g/mol. The summed E-state index contributed by atoms with van der Waals surface area (Å²) >= 11 is 5.83. The van der Waals surface area contributed by atoms with Gasteiger partial charge in [0.15, 0.2) is 11.5 Å². The summed E-state index contributed by atoms with van der Waals surface area (Å²) in [6, 6.07) is 9.21. The minimum atomic E-state index is -3.63. The third kappa shape index (κ3) is 4.41. The number of nitrogens with zero attached hydrogens (tertiary/aromatic N) is 2. The fourth-order valence-electron chi connectivity index (χ4n) is 3.15. The highest BCUT2D eigenvalue weighted by Crippen LogP contribution is 2.31. The van der Waals surface area contributed by atoms with Crippen molar-refractivity contribution in [3.63, 3.8) is 0 Å². The molecule has 0 radical (unpaired) electrons. The van der Waals surface area contributed by atoms with E-state index in [9.17, 15) is 12.8 Å². The number of ether oxygens (including phenoxy) is 2. The van der Waals surface area contributed by atoms with Gasteiger partial charge in [-0.05, 0) is 29.8 Å². The van der Waals surface area contributed by atoms with Crippen molar-refractivity contribution in [2.24, 2.45) is 0 Å². The first kappa shape index (κ1) is 20.9. The lowest BCUT2D eigenvalue weighted by molar-refractivity contribution is 0.181. The van der Waals surface area contributed by atoms with E-state index in [0.29, 0.717) is 44.2 Å². The molecular formula is C19H22ClFN2O4S. The van der Waals surface area contributed by atoms with Gasteiger partial charge in [0, 0.05) is 38.8 Å². The van der Waals surface area contributed by atoms with Crippen LogP contribution in [0.15, 0.2) is 41.3 Å². The number of halogens is 2. The molecule has 0 bridgehead atoms. The van der Waals surface area contributed by atoms with Crippen LogP contribution in [-0.4, -0.2) is 58.0 Å². The molecule has 2 aromatic rings. The van der Waals surface area contributed by atoms with Crippen LogP contribution in [0.2, 0.25) is 5.02 Å². The van der Waals surface area contributed by atoms with Gasteiger partial charge in [0.25, 0.3) is 0 Å². The fourth-order valence-corrected chi connectivity index (χ4v) is 4.79. The Morgan fingerprint density at radius 1 is 1.00 bits per heavy atom. The molecule has 0 saturated carbocycles. The number of hydrogen-bond acceptors (Lipinski definition) is 5. The third-order valence-corrected chi connectivity index (χ3v) is 6.90. The van der Waals surface area contributed by atoms with Crippen LogP contribution in [0.1, 0.15) is 5.56 Å². The summed E-state index contributed by atoms with van der Waals surface area (Å²) < 4.78 is 51.0. The Labute approximate surface area is 169 Å². The summed E-state index contributed by atoms with van der Waals surface area (Å²) in [7, 11) is -0.661. The van der Waals surface area contributed by atoms with E-state index in [2.05, 4.69) is 4.90 Å². The second-order valence-corrected chi connectivity index (χ2v) is 8.79. The molecule has 0 amide bonds. The molecule has 0 aliphatic carbocycles. The van der Waals surface area contributed by atoms with Gasteiger partial charge in [-0.3, -0.25) is 4.90 Å². The molecule has 0 atom stereocenters. The van der Waals surface area contributed by atoms with Crippen molar-refractivity contribution in [2.75, 3.05) is 40.4 Å². The molecule has 0 spiro atoms. The van der Waals surface area contributed by atoms with Gasteiger partial charge in [-0.25, -0.2) is 12.8 Å². The summed E-state index contributed by atoms with van der Waals surface area (Å²) in [5.74, 6) is 0.399. The number of methoxy groups -OCH3 is 2. The molecule has 0 N–H and O–H groups in total. The van der Waals surface area contributed by atoms with Crippen LogP contribution in [0.4, 0.5) is 4.39 Å². The van der Waals surface area contributed by atoms with Crippen molar-refractivity contribution in [1.29, 1.82) is 0 Å². The third-order valence-electron chi connectivity index (χ3n) is 4.71. The van der Waals surface area contributed by atoms with Gasteiger partial charge < -0.3 is 9.47 Å². The summed E-state index contributed by atoms with van der Waals surface area (Å²) in [6.07, 6.45) is 0. The Morgan fingerprint density at radius 2 is 1.68 bits per heavy atom. The van der Waals surface area contributed by atoms with Gasteiger partial charge in [-0.15, -0.1) is 0 Å². The average Bonchev–Trinajstić information content (AvgIpc) is 2.70. The molecule has 1 saturated heterocycles. The molecule has 2 aromatic carbocycles. The van der Waals surface area contributed by atoms with E-state index >= 15 is 0 Å².